The highest BCUT2D eigenvalue weighted by Gasteiger charge is 2.22. The molecule has 0 aromatic carbocycles. The van der Waals surface area contributed by atoms with Crippen molar-refractivity contribution < 1.29 is 8.42 Å². The largest absolute Gasteiger partial charge is 0.354 e. The van der Waals surface area contributed by atoms with Crippen LogP contribution < -0.4 is 4.90 Å². The second kappa shape index (κ2) is 3.81. The normalized spacial score (nSPS) is 20.2. The zero-order valence-electron chi connectivity index (χ0n) is 8.68. The number of anilines is 1. The quantitative estimate of drug-likeness (QED) is 0.704. The van der Waals surface area contributed by atoms with Crippen LogP contribution in [-0.4, -0.2) is 38.0 Å². The van der Waals surface area contributed by atoms with Crippen LogP contribution in [0, 0.1) is 6.92 Å². The maximum absolute atomic E-state index is 11.3. The molecule has 2 heterocycles. The van der Waals surface area contributed by atoms with Crippen LogP contribution >= 0.6 is 0 Å². The lowest BCUT2D eigenvalue weighted by atomic mass is 10.2. The SMILES string of the molecule is Cc1cccnc1N1CCS(=O)(=O)CC1. The Morgan fingerprint density at radius 3 is 2.60 bits per heavy atom. The van der Waals surface area contributed by atoms with E-state index < -0.39 is 9.84 Å². The van der Waals surface area contributed by atoms with E-state index >= 15 is 0 Å². The van der Waals surface area contributed by atoms with E-state index in [0.29, 0.717) is 13.1 Å². The second-order valence-electron chi connectivity index (χ2n) is 3.78. The van der Waals surface area contributed by atoms with Crippen molar-refractivity contribution >= 4 is 15.7 Å². The molecule has 82 valence electrons. The third-order valence-corrected chi connectivity index (χ3v) is 4.23. The fourth-order valence-electron chi connectivity index (χ4n) is 1.73. The number of aryl methyl sites for hydroxylation is 1. The molecule has 5 heteroatoms. The van der Waals surface area contributed by atoms with Crippen LogP contribution in [0.2, 0.25) is 0 Å². The minimum Gasteiger partial charge on any atom is -0.354 e. The van der Waals surface area contributed by atoms with Crippen LogP contribution in [-0.2, 0) is 9.84 Å². The molecule has 0 atom stereocenters. The zero-order valence-corrected chi connectivity index (χ0v) is 9.50. The van der Waals surface area contributed by atoms with Crippen LogP contribution in [0.15, 0.2) is 18.3 Å². The first kappa shape index (κ1) is 10.4. The van der Waals surface area contributed by atoms with E-state index in [4.69, 9.17) is 0 Å². The van der Waals surface area contributed by atoms with Crippen molar-refractivity contribution in [3.63, 3.8) is 0 Å². The summed E-state index contributed by atoms with van der Waals surface area (Å²) in [5.74, 6) is 1.39. The van der Waals surface area contributed by atoms with Crippen LogP contribution in [0.5, 0.6) is 0 Å². The topological polar surface area (TPSA) is 50.3 Å². The Hall–Kier alpha value is -1.10. The Labute approximate surface area is 89.9 Å². The van der Waals surface area contributed by atoms with Gasteiger partial charge in [-0.15, -0.1) is 0 Å². The smallest absolute Gasteiger partial charge is 0.153 e. The summed E-state index contributed by atoms with van der Waals surface area (Å²) in [6.07, 6.45) is 1.74. The highest BCUT2D eigenvalue weighted by atomic mass is 32.2. The van der Waals surface area contributed by atoms with Crippen LogP contribution in [0.3, 0.4) is 0 Å². The van der Waals surface area contributed by atoms with E-state index in [1.807, 2.05) is 24.0 Å². The lowest BCUT2D eigenvalue weighted by Crippen LogP contribution is -2.41. The molecule has 1 saturated heterocycles. The maximum atomic E-state index is 11.3. The first-order chi connectivity index (χ1) is 7.08. The van der Waals surface area contributed by atoms with E-state index in [2.05, 4.69) is 4.98 Å². The summed E-state index contributed by atoms with van der Waals surface area (Å²) < 4.78 is 22.5. The van der Waals surface area contributed by atoms with E-state index in [1.54, 1.807) is 6.20 Å². The van der Waals surface area contributed by atoms with Gasteiger partial charge in [0.15, 0.2) is 9.84 Å². The monoisotopic (exact) mass is 226 g/mol. The Bertz CT molecular complexity index is 442. The number of hydrogen-bond donors (Lipinski definition) is 0. The molecule has 15 heavy (non-hydrogen) atoms. The van der Waals surface area contributed by atoms with E-state index in [0.717, 1.165) is 11.4 Å². The average Bonchev–Trinajstić information content (AvgIpc) is 2.19. The molecule has 0 N–H and O–H groups in total. The van der Waals surface area contributed by atoms with Crippen molar-refractivity contribution in [1.29, 1.82) is 0 Å². The molecule has 0 spiro atoms. The summed E-state index contributed by atoms with van der Waals surface area (Å²) in [7, 11) is -2.81. The second-order valence-corrected chi connectivity index (χ2v) is 6.09. The van der Waals surface area contributed by atoms with Gasteiger partial charge in [-0.1, -0.05) is 6.07 Å². The highest BCUT2D eigenvalue weighted by Crippen LogP contribution is 2.18. The fraction of sp³-hybridized carbons (Fsp3) is 0.500. The summed E-state index contributed by atoms with van der Waals surface area (Å²) in [4.78, 5) is 6.32. The molecule has 0 saturated carbocycles. The number of rotatable bonds is 1. The van der Waals surface area contributed by atoms with Crippen molar-refractivity contribution in [2.24, 2.45) is 0 Å². The van der Waals surface area contributed by atoms with Crippen LogP contribution in [0.25, 0.3) is 0 Å². The molecule has 0 amide bonds. The van der Waals surface area contributed by atoms with E-state index in [-0.39, 0.29) is 11.5 Å². The van der Waals surface area contributed by atoms with Gasteiger partial charge in [0.1, 0.15) is 5.82 Å². The lowest BCUT2D eigenvalue weighted by molar-refractivity contribution is 0.586. The third-order valence-electron chi connectivity index (χ3n) is 2.63. The number of sulfone groups is 1. The van der Waals surface area contributed by atoms with Gasteiger partial charge < -0.3 is 4.90 Å². The van der Waals surface area contributed by atoms with Crippen molar-refractivity contribution in [3.05, 3.63) is 23.9 Å². The van der Waals surface area contributed by atoms with Crippen molar-refractivity contribution in [1.82, 2.24) is 4.98 Å². The molecule has 1 fully saturated rings. The Morgan fingerprint density at radius 1 is 1.33 bits per heavy atom. The summed E-state index contributed by atoms with van der Waals surface area (Å²) in [6.45, 7) is 3.10. The number of aromatic nitrogens is 1. The van der Waals surface area contributed by atoms with Gasteiger partial charge in [0.05, 0.1) is 11.5 Å². The van der Waals surface area contributed by atoms with E-state index in [1.165, 1.54) is 0 Å². The summed E-state index contributed by atoms with van der Waals surface area (Å²) in [5.41, 5.74) is 1.09. The zero-order chi connectivity index (χ0) is 10.9. The third kappa shape index (κ3) is 2.28. The minimum absolute atomic E-state index is 0.239. The molecule has 0 bridgehead atoms. The highest BCUT2D eigenvalue weighted by molar-refractivity contribution is 7.91. The Morgan fingerprint density at radius 2 is 2.00 bits per heavy atom. The van der Waals surface area contributed by atoms with Gasteiger partial charge in [-0.2, -0.15) is 0 Å². The van der Waals surface area contributed by atoms with Gasteiger partial charge in [-0.3, -0.25) is 0 Å². The van der Waals surface area contributed by atoms with Gasteiger partial charge in [0, 0.05) is 19.3 Å². The first-order valence-electron chi connectivity index (χ1n) is 4.95. The molecular weight excluding hydrogens is 212 g/mol. The number of hydrogen-bond acceptors (Lipinski definition) is 4. The van der Waals surface area contributed by atoms with Crippen molar-refractivity contribution in [3.8, 4) is 0 Å². The van der Waals surface area contributed by atoms with Gasteiger partial charge in [0.2, 0.25) is 0 Å². The van der Waals surface area contributed by atoms with Crippen molar-refractivity contribution in [2.45, 2.75) is 6.92 Å². The number of nitrogens with zero attached hydrogens (tertiary/aromatic N) is 2. The molecule has 0 radical (unpaired) electrons. The van der Waals surface area contributed by atoms with Gasteiger partial charge >= 0.3 is 0 Å². The molecule has 4 nitrogen and oxygen atoms in total. The van der Waals surface area contributed by atoms with Crippen LogP contribution in [0.1, 0.15) is 5.56 Å². The molecule has 0 unspecified atom stereocenters. The average molecular weight is 226 g/mol. The molecule has 1 aromatic rings. The molecule has 0 aliphatic carbocycles. The van der Waals surface area contributed by atoms with Gasteiger partial charge in [-0.25, -0.2) is 13.4 Å². The molecule has 1 aliphatic rings. The lowest BCUT2D eigenvalue weighted by Gasteiger charge is -2.28. The predicted molar refractivity (Wildman–Crippen MR) is 59.8 cm³/mol. The fourth-order valence-corrected chi connectivity index (χ4v) is 2.93. The maximum Gasteiger partial charge on any atom is 0.153 e. The van der Waals surface area contributed by atoms with Crippen molar-refractivity contribution in [2.75, 3.05) is 29.5 Å². The molecular formula is C10H14N2O2S. The predicted octanol–water partition coefficient (Wildman–Crippen LogP) is 0.625. The Balaban J connectivity index is 2.18. The molecule has 1 aliphatic heterocycles. The first-order valence-corrected chi connectivity index (χ1v) is 6.78. The van der Waals surface area contributed by atoms with Gasteiger partial charge in [-0.05, 0) is 18.6 Å². The molecule has 2 rings (SSSR count). The van der Waals surface area contributed by atoms with Gasteiger partial charge in [0.25, 0.3) is 0 Å². The molecule has 1 aromatic heterocycles. The van der Waals surface area contributed by atoms with E-state index in [9.17, 15) is 8.42 Å². The summed E-state index contributed by atoms with van der Waals surface area (Å²) in [5, 5.41) is 0. The summed E-state index contributed by atoms with van der Waals surface area (Å²) >= 11 is 0. The van der Waals surface area contributed by atoms with Crippen LogP contribution in [0.4, 0.5) is 5.82 Å². The Kier molecular flexibility index (Phi) is 2.65. The number of pyridine rings is 1. The minimum atomic E-state index is -2.81. The summed E-state index contributed by atoms with van der Waals surface area (Å²) in [6, 6.07) is 3.88. The standard InChI is InChI=1S/C10H14N2O2S/c1-9-3-2-4-11-10(9)12-5-7-15(13,14)8-6-12/h2-4H,5-8H2,1H3.